The van der Waals surface area contributed by atoms with Crippen molar-refractivity contribution in [1.29, 1.82) is 0 Å². The zero-order valence-corrected chi connectivity index (χ0v) is 29.0. The Morgan fingerprint density at radius 2 is 1.76 bits per heavy atom. The molecule has 4 heterocycles. The summed E-state index contributed by atoms with van der Waals surface area (Å²) in [6, 6.07) is 8.03. The monoisotopic (exact) mass is 671 g/mol. The van der Waals surface area contributed by atoms with Crippen molar-refractivity contribution in [3.05, 3.63) is 54.0 Å². The summed E-state index contributed by atoms with van der Waals surface area (Å²) in [6.07, 6.45) is 12.1. The van der Waals surface area contributed by atoms with Gasteiger partial charge >= 0.3 is 6.09 Å². The predicted molar refractivity (Wildman–Crippen MR) is 184 cm³/mol. The summed E-state index contributed by atoms with van der Waals surface area (Å²) in [4.78, 5) is 45.3. The first kappa shape index (κ1) is 33.5. The summed E-state index contributed by atoms with van der Waals surface area (Å²) in [5.41, 5.74) is 3.72. The highest BCUT2D eigenvalue weighted by Gasteiger charge is 2.35. The van der Waals surface area contributed by atoms with Crippen molar-refractivity contribution >= 4 is 17.8 Å². The molecule has 0 radical (unpaired) electrons. The lowest BCUT2D eigenvalue weighted by molar-refractivity contribution is -0.124. The van der Waals surface area contributed by atoms with Crippen LogP contribution in [0.15, 0.2) is 41.1 Å². The normalized spacial score (nSPS) is 25.9. The second kappa shape index (κ2) is 14.9. The molecule has 3 aromatic heterocycles. The quantitative estimate of drug-likeness (QED) is 0.236. The molecule has 1 saturated heterocycles. The number of amides is 2. The maximum atomic E-state index is 14.4. The third-order valence-electron chi connectivity index (χ3n) is 10.8. The highest BCUT2D eigenvalue weighted by molar-refractivity contribution is 5.94. The second-order valence-corrected chi connectivity index (χ2v) is 14.4. The Morgan fingerprint density at radius 1 is 0.980 bits per heavy atom. The maximum Gasteiger partial charge on any atom is 0.410 e. The number of methoxy groups -OCH3 is 1. The van der Waals surface area contributed by atoms with Crippen LogP contribution in [0, 0.1) is 18.8 Å². The third-order valence-corrected chi connectivity index (χ3v) is 10.8. The first-order valence-corrected chi connectivity index (χ1v) is 18.2. The standard InChI is InChI=1S/C38H49N5O6/c1-24-21-42(18-19-47-24)38(45)49-31-12-10-29(11-13-31)37(44)43(35-20-30(16-17-39-35)33-23-48-36(41-33)28-8-9-28)22-26-4-6-27(7-5-26)32-14-15-34(46-3)25(2)40-32/h14-17,20,23-24,26-29,31H,4-13,18-19,21-22H2,1-3H3/t24?,26-,27-,29-,31-. The average Bonchev–Trinajstić information content (AvgIpc) is 3.86. The number of nitrogens with zero attached hydrogens (tertiary/aromatic N) is 5. The van der Waals surface area contributed by atoms with E-state index < -0.39 is 0 Å². The summed E-state index contributed by atoms with van der Waals surface area (Å²) in [7, 11) is 1.68. The van der Waals surface area contributed by atoms with Crippen LogP contribution in [-0.2, 0) is 14.3 Å². The van der Waals surface area contributed by atoms with E-state index in [1.165, 1.54) is 0 Å². The van der Waals surface area contributed by atoms with Crippen LogP contribution in [0.1, 0.15) is 100 Å². The third kappa shape index (κ3) is 7.92. The highest BCUT2D eigenvalue weighted by atomic mass is 16.6. The molecule has 0 aromatic carbocycles. The lowest BCUT2D eigenvalue weighted by atomic mass is 9.79. The zero-order chi connectivity index (χ0) is 33.9. The van der Waals surface area contributed by atoms with Crippen molar-refractivity contribution in [3.63, 3.8) is 0 Å². The van der Waals surface area contributed by atoms with Gasteiger partial charge in [-0.3, -0.25) is 14.7 Å². The molecular formula is C38H49N5O6. The predicted octanol–water partition coefficient (Wildman–Crippen LogP) is 7.05. The van der Waals surface area contributed by atoms with Crippen LogP contribution < -0.4 is 9.64 Å². The minimum atomic E-state index is -0.277. The topological polar surface area (TPSA) is 120 Å². The number of carbonyl (C=O) groups excluding carboxylic acids is 2. The van der Waals surface area contributed by atoms with Crippen LogP contribution in [-0.4, -0.2) is 77.4 Å². The zero-order valence-electron chi connectivity index (χ0n) is 29.0. The van der Waals surface area contributed by atoms with Gasteiger partial charge in [-0.2, -0.15) is 0 Å². The smallest absolute Gasteiger partial charge is 0.410 e. The van der Waals surface area contributed by atoms with Gasteiger partial charge in [-0.05, 0) is 108 Å². The Kier molecular flexibility index (Phi) is 10.2. The molecule has 4 fully saturated rings. The van der Waals surface area contributed by atoms with Crippen LogP contribution in [0.3, 0.4) is 0 Å². The first-order chi connectivity index (χ1) is 23.8. The van der Waals surface area contributed by atoms with E-state index in [1.807, 2.05) is 36.9 Å². The number of pyridine rings is 2. The van der Waals surface area contributed by atoms with Crippen LogP contribution >= 0.6 is 0 Å². The second-order valence-electron chi connectivity index (χ2n) is 14.4. The number of oxazole rings is 1. The molecule has 7 rings (SSSR count). The van der Waals surface area contributed by atoms with Gasteiger partial charge in [-0.15, -0.1) is 0 Å². The van der Waals surface area contributed by atoms with E-state index in [4.69, 9.17) is 33.6 Å². The minimum Gasteiger partial charge on any atom is -0.495 e. The lowest BCUT2D eigenvalue weighted by Crippen LogP contribution is -2.46. The van der Waals surface area contributed by atoms with Gasteiger partial charge in [0.05, 0.1) is 32.1 Å². The van der Waals surface area contributed by atoms with Crippen molar-refractivity contribution in [2.75, 3.05) is 38.3 Å². The van der Waals surface area contributed by atoms with Gasteiger partial charge in [0.25, 0.3) is 0 Å². The van der Waals surface area contributed by atoms with E-state index in [9.17, 15) is 9.59 Å². The van der Waals surface area contributed by atoms with Crippen molar-refractivity contribution in [3.8, 4) is 17.0 Å². The number of hydrogen-bond donors (Lipinski definition) is 0. The number of rotatable bonds is 9. The molecule has 4 aliphatic rings. The van der Waals surface area contributed by atoms with E-state index >= 15 is 0 Å². The van der Waals surface area contributed by atoms with Crippen molar-refractivity contribution < 1.29 is 28.2 Å². The minimum absolute atomic E-state index is 0.00986. The summed E-state index contributed by atoms with van der Waals surface area (Å²) in [5.74, 6) is 3.39. The van der Waals surface area contributed by atoms with Crippen molar-refractivity contribution in [2.24, 2.45) is 11.8 Å². The molecule has 1 aliphatic heterocycles. The Labute approximate surface area is 288 Å². The fraction of sp³-hybridized carbons (Fsp3) is 0.605. The van der Waals surface area contributed by atoms with E-state index in [0.29, 0.717) is 75.5 Å². The fourth-order valence-corrected chi connectivity index (χ4v) is 7.72. The number of anilines is 1. The SMILES string of the molecule is COc1ccc([C@H]2CC[C@H](CN(c3cc(-c4coc(C5CC5)n4)ccn3)C(=O)[C@H]3CC[C@H](OC(=O)N4CCOC(C)C4)CC3)CC2)nc1C. The molecule has 3 aliphatic carbocycles. The van der Waals surface area contributed by atoms with Gasteiger partial charge < -0.3 is 23.5 Å². The van der Waals surface area contributed by atoms with Gasteiger partial charge in [0.2, 0.25) is 5.91 Å². The molecule has 11 heteroatoms. The molecule has 3 saturated carbocycles. The number of ether oxygens (including phenoxy) is 3. The summed E-state index contributed by atoms with van der Waals surface area (Å²) in [5, 5.41) is 0. The van der Waals surface area contributed by atoms with E-state index in [1.54, 1.807) is 24.5 Å². The van der Waals surface area contributed by atoms with Crippen LogP contribution in [0.2, 0.25) is 0 Å². The summed E-state index contributed by atoms with van der Waals surface area (Å²) >= 11 is 0. The lowest BCUT2D eigenvalue weighted by Gasteiger charge is -2.36. The van der Waals surface area contributed by atoms with E-state index in [-0.39, 0.29) is 30.1 Å². The maximum absolute atomic E-state index is 14.4. The fourth-order valence-electron chi connectivity index (χ4n) is 7.72. The number of aromatic nitrogens is 3. The van der Waals surface area contributed by atoms with Gasteiger partial charge in [-0.1, -0.05) is 0 Å². The molecule has 1 atom stereocenters. The molecule has 3 aromatic rings. The Morgan fingerprint density at radius 3 is 2.47 bits per heavy atom. The Hall–Kier alpha value is -3.99. The van der Waals surface area contributed by atoms with Gasteiger partial charge in [0.1, 0.15) is 29.6 Å². The van der Waals surface area contributed by atoms with Crippen LogP contribution in [0.5, 0.6) is 5.75 Å². The highest BCUT2D eigenvalue weighted by Crippen LogP contribution is 2.41. The number of hydrogen-bond acceptors (Lipinski definition) is 9. The van der Waals surface area contributed by atoms with E-state index in [0.717, 1.165) is 72.8 Å². The Bertz CT molecular complexity index is 1610. The molecule has 0 bridgehead atoms. The summed E-state index contributed by atoms with van der Waals surface area (Å²) < 4.78 is 22.7. The van der Waals surface area contributed by atoms with Gasteiger partial charge in [0.15, 0.2) is 5.89 Å². The van der Waals surface area contributed by atoms with E-state index in [2.05, 4.69) is 6.07 Å². The molecule has 1 unspecified atom stereocenters. The molecule has 2 amide bonds. The number of aryl methyl sites for hydroxylation is 1. The molecular weight excluding hydrogens is 622 g/mol. The number of morpholine rings is 1. The first-order valence-electron chi connectivity index (χ1n) is 18.2. The molecule has 0 spiro atoms. The van der Waals surface area contributed by atoms with Crippen LogP contribution in [0.25, 0.3) is 11.3 Å². The number of carbonyl (C=O) groups is 2. The molecule has 262 valence electrons. The van der Waals surface area contributed by atoms with Gasteiger partial charge in [-0.25, -0.2) is 14.8 Å². The molecule has 49 heavy (non-hydrogen) atoms. The molecule has 0 N–H and O–H groups in total. The Balaban J connectivity index is 1.03. The van der Waals surface area contributed by atoms with Gasteiger partial charge in [0, 0.05) is 48.3 Å². The van der Waals surface area contributed by atoms with Crippen molar-refractivity contribution in [1.82, 2.24) is 19.9 Å². The van der Waals surface area contributed by atoms with Crippen molar-refractivity contribution in [2.45, 2.75) is 102 Å². The van der Waals surface area contributed by atoms with Crippen LogP contribution in [0.4, 0.5) is 10.6 Å². The average molecular weight is 672 g/mol. The summed E-state index contributed by atoms with van der Waals surface area (Å²) in [6.45, 7) is 6.20. The molecule has 11 nitrogen and oxygen atoms in total. The largest absolute Gasteiger partial charge is 0.495 e.